The molecule has 88 valence electrons. The average Bonchev–Trinajstić information content (AvgIpc) is 2.41. The summed E-state index contributed by atoms with van der Waals surface area (Å²) in [5.74, 6) is 0. The molecule has 0 amide bonds. The molecule has 0 saturated carbocycles. The molecular formula is C15H18N2. The van der Waals surface area contributed by atoms with E-state index < -0.39 is 0 Å². The fourth-order valence-electron chi connectivity index (χ4n) is 1.95. The van der Waals surface area contributed by atoms with Crippen LogP contribution in [-0.2, 0) is 6.42 Å². The van der Waals surface area contributed by atoms with Gasteiger partial charge >= 0.3 is 0 Å². The molecular weight excluding hydrogens is 208 g/mol. The smallest absolute Gasteiger partial charge is 0.0296 e. The van der Waals surface area contributed by atoms with E-state index in [-0.39, 0.29) is 6.04 Å². The average molecular weight is 226 g/mol. The molecule has 2 rings (SSSR count). The van der Waals surface area contributed by atoms with Crippen molar-refractivity contribution in [3.63, 3.8) is 0 Å². The van der Waals surface area contributed by atoms with Crippen molar-refractivity contribution in [3.05, 3.63) is 66.0 Å². The van der Waals surface area contributed by atoms with Crippen molar-refractivity contribution in [2.45, 2.75) is 25.3 Å². The summed E-state index contributed by atoms with van der Waals surface area (Å²) in [6.45, 7) is 0. The lowest BCUT2D eigenvalue weighted by molar-refractivity contribution is 0.611. The molecule has 2 N–H and O–H groups in total. The first-order chi connectivity index (χ1) is 8.36. The molecule has 1 unspecified atom stereocenters. The predicted molar refractivity (Wildman–Crippen MR) is 70.5 cm³/mol. The lowest BCUT2D eigenvalue weighted by Gasteiger charge is -2.11. The Morgan fingerprint density at radius 2 is 1.71 bits per heavy atom. The summed E-state index contributed by atoms with van der Waals surface area (Å²) in [5, 5.41) is 0. The Morgan fingerprint density at radius 1 is 1.00 bits per heavy atom. The third-order valence-corrected chi connectivity index (χ3v) is 2.96. The van der Waals surface area contributed by atoms with Gasteiger partial charge in [0.2, 0.25) is 0 Å². The minimum Gasteiger partial charge on any atom is -0.324 e. The Kier molecular flexibility index (Phi) is 4.28. The molecule has 1 heterocycles. The molecule has 17 heavy (non-hydrogen) atoms. The summed E-state index contributed by atoms with van der Waals surface area (Å²) in [6.07, 6.45) is 6.82. The summed E-state index contributed by atoms with van der Waals surface area (Å²) < 4.78 is 0. The number of pyridine rings is 1. The summed E-state index contributed by atoms with van der Waals surface area (Å²) in [5.41, 5.74) is 8.69. The van der Waals surface area contributed by atoms with E-state index >= 15 is 0 Å². The fraction of sp³-hybridized carbons (Fsp3) is 0.267. The van der Waals surface area contributed by atoms with Gasteiger partial charge in [0.1, 0.15) is 0 Å². The van der Waals surface area contributed by atoms with Gasteiger partial charge < -0.3 is 5.73 Å². The first kappa shape index (κ1) is 11.8. The number of nitrogens with zero attached hydrogens (tertiary/aromatic N) is 1. The zero-order chi connectivity index (χ0) is 11.9. The Balaban J connectivity index is 1.79. The van der Waals surface area contributed by atoms with Gasteiger partial charge in [-0.15, -0.1) is 0 Å². The van der Waals surface area contributed by atoms with E-state index in [9.17, 15) is 0 Å². The highest BCUT2D eigenvalue weighted by molar-refractivity contribution is 5.16. The largest absolute Gasteiger partial charge is 0.324 e. The van der Waals surface area contributed by atoms with E-state index in [1.54, 1.807) is 12.4 Å². The van der Waals surface area contributed by atoms with Crippen LogP contribution < -0.4 is 5.73 Å². The molecule has 0 spiro atoms. The monoisotopic (exact) mass is 226 g/mol. The number of hydrogen-bond acceptors (Lipinski definition) is 2. The van der Waals surface area contributed by atoms with Crippen LogP contribution in [0.4, 0.5) is 0 Å². The van der Waals surface area contributed by atoms with Crippen LogP contribution in [0.15, 0.2) is 54.9 Å². The summed E-state index contributed by atoms with van der Waals surface area (Å²) in [6, 6.07) is 14.7. The lowest BCUT2D eigenvalue weighted by Crippen LogP contribution is -2.10. The van der Waals surface area contributed by atoms with E-state index in [4.69, 9.17) is 5.73 Å². The van der Waals surface area contributed by atoms with Crippen molar-refractivity contribution in [2.75, 3.05) is 0 Å². The molecule has 1 atom stereocenters. The van der Waals surface area contributed by atoms with Gasteiger partial charge in [0.25, 0.3) is 0 Å². The van der Waals surface area contributed by atoms with Crippen LogP contribution in [0.25, 0.3) is 0 Å². The minimum atomic E-state index is 0.127. The molecule has 0 radical (unpaired) electrons. The zero-order valence-electron chi connectivity index (χ0n) is 9.92. The normalized spacial score (nSPS) is 12.3. The van der Waals surface area contributed by atoms with Gasteiger partial charge in [-0.25, -0.2) is 0 Å². The molecule has 0 aliphatic heterocycles. The van der Waals surface area contributed by atoms with E-state index in [0.29, 0.717) is 0 Å². The van der Waals surface area contributed by atoms with Gasteiger partial charge in [0.15, 0.2) is 0 Å². The van der Waals surface area contributed by atoms with E-state index in [2.05, 4.69) is 29.2 Å². The summed E-state index contributed by atoms with van der Waals surface area (Å²) in [4.78, 5) is 4.00. The van der Waals surface area contributed by atoms with Gasteiger partial charge in [-0.1, -0.05) is 30.3 Å². The van der Waals surface area contributed by atoms with Crippen molar-refractivity contribution in [2.24, 2.45) is 5.73 Å². The van der Waals surface area contributed by atoms with E-state index in [0.717, 1.165) is 19.3 Å². The number of rotatable bonds is 5. The molecule has 2 nitrogen and oxygen atoms in total. The minimum absolute atomic E-state index is 0.127. The zero-order valence-corrected chi connectivity index (χ0v) is 9.92. The fourth-order valence-corrected chi connectivity index (χ4v) is 1.95. The molecule has 2 heteroatoms. The Bertz CT molecular complexity index is 425. The van der Waals surface area contributed by atoms with Gasteiger partial charge in [0.05, 0.1) is 0 Å². The van der Waals surface area contributed by atoms with Gasteiger partial charge in [-0.3, -0.25) is 4.98 Å². The second kappa shape index (κ2) is 6.16. The Labute approximate surface area is 103 Å². The molecule has 0 aliphatic carbocycles. The van der Waals surface area contributed by atoms with Gasteiger partial charge in [-0.2, -0.15) is 0 Å². The highest BCUT2D eigenvalue weighted by Crippen LogP contribution is 2.16. The van der Waals surface area contributed by atoms with Crippen LogP contribution in [0, 0.1) is 0 Å². The van der Waals surface area contributed by atoms with Crippen LogP contribution in [0.2, 0.25) is 0 Å². The lowest BCUT2D eigenvalue weighted by atomic mass is 10.0. The number of aryl methyl sites for hydroxylation is 1. The first-order valence-corrected chi connectivity index (χ1v) is 6.05. The Morgan fingerprint density at radius 3 is 2.41 bits per heavy atom. The van der Waals surface area contributed by atoms with Gasteiger partial charge in [0, 0.05) is 18.4 Å². The number of hydrogen-bond donors (Lipinski definition) is 1. The first-order valence-electron chi connectivity index (χ1n) is 6.05. The maximum atomic E-state index is 6.13. The summed E-state index contributed by atoms with van der Waals surface area (Å²) in [7, 11) is 0. The number of benzene rings is 1. The van der Waals surface area contributed by atoms with E-state index in [1.165, 1.54) is 11.1 Å². The highest BCUT2D eigenvalue weighted by Gasteiger charge is 2.04. The molecule has 0 fully saturated rings. The number of aromatic nitrogens is 1. The highest BCUT2D eigenvalue weighted by atomic mass is 14.6. The van der Waals surface area contributed by atoms with Crippen molar-refractivity contribution in [3.8, 4) is 0 Å². The standard InChI is InChI=1S/C15H18N2/c16-15(14-9-11-17-12-10-14)8-4-7-13-5-2-1-3-6-13/h1-3,5-6,9-12,15H,4,7-8,16H2. The van der Waals surface area contributed by atoms with Crippen LogP contribution in [0.3, 0.4) is 0 Å². The second-order valence-electron chi connectivity index (χ2n) is 4.26. The topological polar surface area (TPSA) is 38.9 Å². The predicted octanol–water partition coefficient (Wildman–Crippen LogP) is 3.10. The van der Waals surface area contributed by atoms with Crippen molar-refractivity contribution >= 4 is 0 Å². The van der Waals surface area contributed by atoms with Crippen LogP contribution in [0.5, 0.6) is 0 Å². The molecule has 1 aromatic heterocycles. The van der Waals surface area contributed by atoms with Crippen molar-refractivity contribution in [1.82, 2.24) is 4.98 Å². The van der Waals surface area contributed by atoms with Crippen molar-refractivity contribution in [1.29, 1.82) is 0 Å². The van der Waals surface area contributed by atoms with Crippen LogP contribution in [0.1, 0.15) is 30.0 Å². The maximum absolute atomic E-state index is 6.13. The number of nitrogens with two attached hydrogens (primary N) is 1. The maximum Gasteiger partial charge on any atom is 0.0296 e. The third-order valence-electron chi connectivity index (χ3n) is 2.96. The second-order valence-corrected chi connectivity index (χ2v) is 4.26. The van der Waals surface area contributed by atoms with Crippen molar-refractivity contribution < 1.29 is 0 Å². The molecule has 0 bridgehead atoms. The third kappa shape index (κ3) is 3.68. The summed E-state index contributed by atoms with van der Waals surface area (Å²) >= 11 is 0. The molecule has 0 saturated heterocycles. The molecule has 0 aliphatic rings. The quantitative estimate of drug-likeness (QED) is 0.850. The van der Waals surface area contributed by atoms with Crippen LogP contribution >= 0.6 is 0 Å². The molecule has 2 aromatic rings. The molecule has 1 aromatic carbocycles. The Hall–Kier alpha value is -1.67. The van der Waals surface area contributed by atoms with Crippen LogP contribution in [-0.4, -0.2) is 4.98 Å². The SMILES string of the molecule is NC(CCCc1ccccc1)c1ccncc1. The van der Waals surface area contributed by atoms with E-state index in [1.807, 2.05) is 18.2 Å². The van der Waals surface area contributed by atoms with Gasteiger partial charge in [-0.05, 0) is 42.5 Å².